The summed E-state index contributed by atoms with van der Waals surface area (Å²) in [6, 6.07) is 9.74. The number of carboxylic acid groups (broad SMARTS) is 1. The molecule has 0 unspecified atom stereocenters. The van der Waals surface area contributed by atoms with Crippen LogP contribution in [0.1, 0.15) is 62.5 Å². The van der Waals surface area contributed by atoms with E-state index in [-0.39, 0.29) is 50.1 Å². The maximum Gasteiger partial charge on any atom is 0.326 e. The summed E-state index contributed by atoms with van der Waals surface area (Å²) in [6.07, 6.45) is 3.23. The predicted octanol–water partition coefficient (Wildman–Crippen LogP) is -2.53. The lowest BCUT2D eigenvalue weighted by atomic mass is 10.0. The van der Waals surface area contributed by atoms with Crippen LogP contribution in [0.2, 0.25) is 0 Å². The number of amides is 7. The topological polar surface area (TPSA) is 325 Å². The van der Waals surface area contributed by atoms with Gasteiger partial charge in [-0.15, -0.1) is 0 Å². The second-order valence-corrected chi connectivity index (χ2v) is 16.5. The van der Waals surface area contributed by atoms with Crippen molar-refractivity contribution >= 4 is 53.3 Å². The first-order valence-corrected chi connectivity index (χ1v) is 22.0. The van der Waals surface area contributed by atoms with E-state index >= 15 is 0 Å². The van der Waals surface area contributed by atoms with E-state index in [9.17, 15) is 48.6 Å². The molecule has 3 aliphatic rings. The minimum atomic E-state index is -1.52. The van der Waals surface area contributed by atoms with Gasteiger partial charge in [0.1, 0.15) is 36.3 Å². The number of nitrogens with one attached hydrogen (secondary N) is 4. The number of aliphatic imine (C=N–C) groups is 1. The Balaban J connectivity index is 1.18. The van der Waals surface area contributed by atoms with Crippen LogP contribution in [-0.2, 0) is 51.2 Å². The van der Waals surface area contributed by atoms with Crippen LogP contribution in [0.15, 0.2) is 65.7 Å². The van der Waals surface area contributed by atoms with Crippen molar-refractivity contribution in [1.29, 1.82) is 0 Å². The smallest absolute Gasteiger partial charge is 0.326 e. The number of benzene rings is 2. The van der Waals surface area contributed by atoms with Gasteiger partial charge < -0.3 is 63.4 Å². The molecule has 352 valence electrons. The fourth-order valence-corrected chi connectivity index (χ4v) is 8.51. The number of aliphatic hydroxyl groups excluding tert-OH is 1. The maximum atomic E-state index is 13.8. The standard InChI is InChI=1S/C44H61N11O10/c45-29(15-7-19-48-44(46)47)40(61)55-22-10-18-35(55)42(63)54-21-8-16-33(54)38(59)49-25-36(57)50-30(23-27-11-3-1-4-12-27)37(58)52-32(26-56)41(62)53-20-9-17-34(53)39(60)51-31(43(64)65)24-28-13-5-2-6-14-28/h1-6,11-14,29-35,56H,7-10,15-26,45H2,(H,49,59)(H,50,57)(H,51,60)(H,52,58)(H,64,65)(H4,46,47,48)/t29-,30+,31+,32+,33+,34-,35+/m0/s1. The zero-order valence-corrected chi connectivity index (χ0v) is 36.3. The second-order valence-electron chi connectivity index (χ2n) is 16.5. The molecular formula is C44H61N11O10. The van der Waals surface area contributed by atoms with Gasteiger partial charge in [-0.05, 0) is 62.5 Å². The van der Waals surface area contributed by atoms with E-state index in [0.717, 1.165) is 0 Å². The molecule has 0 aliphatic carbocycles. The van der Waals surface area contributed by atoms with Crippen LogP contribution in [0, 0.1) is 0 Å². The SMILES string of the molecule is NC(N)=NCCC[C@H](N)C(=O)N1CCC[C@@H]1C(=O)N1CCC[C@@H]1C(=O)NCC(=O)N[C@H](Cc1ccccc1)C(=O)N[C@H](CO)C(=O)N1CCC[C@H]1C(=O)N[C@H](Cc1ccccc1)C(=O)O. The summed E-state index contributed by atoms with van der Waals surface area (Å²) < 4.78 is 0. The fraction of sp³-hybridized carbons (Fsp3) is 0.523. The number of nitrogens with two attached hydrogens (primary N) is 3. The highest BCUT2D eigenvalue weighted by Gasteiger charge is 2.43. The summed E-state index contributed by atoms with van der Waals surface area (Å²) >= 11 is 0. The van der Waals surface area contributed by atoms with Crippen LogP contribution in [0.5, 0.6) is 0 Å². The third-order valence-electron chi connectivity index (χ3n) is 11.8. The maximum absolute atomic E-state index is 13.8. The highest BCUT2D eigenvalue weighted by atomic mass is 16.4. The molecule has 0 spiro atoms. The number of carbonyl (C=O) groups is 8. The van der Waals surface area contributed by atoms with Crippen LogP contribution >= 0.6 is 0 Å². The average molecular weight is 904 g/mol. The van der Waals surface area contributed by atoms with Crippen LogP contribution in [0.3, 0.4) is 0 Å². The Morgan fingerprint density at radius 2 is 1.22 bits per heavy atom. The molecule has 3 heterocycles. The van der Waals surface area contributed by atoms with Crippen LogP contribution in [-0.4, -0.2) is 160 Å². The lowest BCUT2D eigenvalue weighted by Crippen LogP contribution is -2.59. The molecule has 0 bridgehead atoms. The fourth-order valence-electron chi connectivity index (χ4n) is 8.51. The number of aliphatic hydroxyl groups is 1. The Labute approximate surface area is 376 Å². The number of carboxylic acids is 1. The van der Waals surface area contributed by atoms with E-state index in [4.69, 9.17) is 17.2 Å². The highest BCUT2D eigenvalue weighted by molar-refractivity contribution is 5.97. The molecule has 3 fully saturated rings. The van der Waals surface area contributed by atoms with Crippen molar-refractivity contribution < 1.29 is 48.6 Å². The largest absolute Gasteiger partial charge is 0.480 e. The number of hydrogen-bond acceptors (Lipinski definition) is 11. The van der Waals surface area contributed by atoms with Crippen LogP contribution < -0.4 is 38.5 Å². The number of likely N-dealkylation sites (tertiary alicyclic amines) is 3. The van der Waals surface area contributed by atoms with Crippen LogP contribution in [0.25, 0.3) is 0 Å². The molecule has 21 heteroatoms. The number of aliphatic carboxylic acids is 1. The van der Waals surface area contributed by atoms with E-state index in [1.54, 1.807) is 60.7 Å². The molecule has 21 nitrogen and oxygen atoms in total. The van der Waals surface area contributed by atoms with Gasteiger partial charge in [0, 0.05) is 39.0 Å². The monoisotopic (exact) mass is 903 g/mol. The first kappa shape index (κ1) is 49.4. The number of nitrogens with zero attached hydrogens (tertiary/aromatic N) is 4. The third-order valence-corrected chi connectivity index (χ3v) is 11.8. The Morgan fingerprint density at radius 1 is 0.677 bits per heavy atom. The molecule has 2 aromatic carbocycles. The minimum absolute atomic E-state index is 0.0128. The van der Waals surface area contributed by atoms with Gasteiger partial charge in [0.25, 0.3) is 0 Å². The quantitative estimate of drug-likeness (QED) is 0.0355. The van der Waals surface area contributed by atoms with Gasteiger partial charge in [-0.1, -0.05) is 60.7 Å². The first-order valence-electron chi connectivity index (χ1n) is 22.0. The zero-order chi connectivity index (χ0) is 47.0. The zero-order valence-electron chi connectivity index (χ0n) is 36.3. The molecule has 2 aromatic rings. The van der Waals surface area contributed by atoms with Crippen molar-refractivity contribution in [2.24, 2.45) is 22.2 Å². The Kier molecular flexibility index (Phi) is 18.2. The second kappa shape index (κ2) is 23.9. The van der Waals surface area contributed by atoms with Gasteiger partial charge in [-0.25, -0.2) is 4.79 Å². The lowest BCUT2D eigenvalue weighted by molar-refractivity contribution is -0.147. The van der Waals surface area contributed by atoms with Gasteiger partial charge in [0.05, 0.1) is 19.2 Å². The minimum Gasteiger partial charge on any atom is -0.480 e. The van der Waals surface area contributed by atoms with Gasteiger partial charge in [-0.3, -0.25) is 38.6 Å². The summed E-state index contributed by atoms with van der Waals surface area (Å²) in [7, 11) is 0. The van der Waals surface area contributed by atoms with Gasteiger partial charge in [0.15, 0.2) is 5.96 Å². The summed E-state index contributed by atoms with van der Waals surface area (Å²) in [4.78, 5) is 115. The molecule has 7 atom stereocenters. The summed E-state index contributed by atoms with van der Waals surface area (Å²) in [6.45, 7) is -0.378. The van der Waals surface area contributed by atoms with E-state index < -0.39 is 90.9 Å². The average Bonchev–Trinajstić information content (AvgIpc) is 4.11. The third kappa shape index (κ3) is 13.7. The van der Waals surface area contributed by atoms with E-state index in [2.05, 4.69) is 26.3 Å². The number of hydrogen-bond donors (Lipinski definition) is 9. The molecule has 3 aliphatic heterocycles. The molecule has 0 radical (unpaired) electrons. The molecule has 65 heavy (non-hydrogen) atoms. The predicted molar refractivity (Wildman–Crippen MR) is 236 cm³/mol. The molecule has 7 amide bonds. The lowest BCUT2D eigenvalue weighted by Gasteiger charge is -2.32. The summed E-state index contributed by atoms with van der Waals surface area (Å²) in [5.74, 6) is -5.70. The summed E-state index contributed by atoms with van der Waals surface area (Å²) in [5.41, 5.74) is 18.2. The molecule has 5 rings (SSSR count). The van der Waals surface area contributed by atoms with Crippen molar-refractivity contribution in [3.8, 4) is 0 Å². The van der Waals surface area contributed by atoms with Crippen molar-refractivity contribution in [2.45, 2.75) is 107 Å². The molecule has 0 saturated carbocycles. The number of carbonyl (C=O) groups excluding carboxylic acids is 7. The normalized spacial score (nSPS) is 19.9. The summed E-state index contributed by atoms with van der Waals surface area (Å²) in [5, 5.41) is 30.4. The molecule has 3 saturated heterocycles. The van der Waals surface area contributed by atoms with Crippen molar-refractivity contribution in [2.75, 3.05) is 39.3 Å². The van der Waals surface area contributed by atoms with Gasteiger partial charge >= 0.3 is 5.97 Å². The van der Waals surface area contributed by atoms with E-state index in [1.807, 2.05) is 0 Å². The number of rotatable bonds is 21. The molecule has 0 aromatic heterocycles. The Bertz CT molecular complexity index is 2040. The Morgan fingerprint density at radius 3 is 1.78 bits per heavy atom. The highest BCUT2D eigenvalue weighted by Crippen LogP contribution is 2.26. The van der Waals surface area contributed by atoms with E-state index in [1.165, 1.54) is 14.7 Å². The first-order chi connectivity index (χ1) is 31.2. The van der Waals surface area contributed by atoms with Crippen LogP contribution in [0.4, 0.5) is 0 Å². The van der Waals surface area contributed by atoms with Crippen molar-refractivity contribution in [1.82, 2.24) is 36.0 Å². The van der Waals surface area contributed by atoms with Crippen molar-refractivity contribution in [3.05, 3.63) is 71.8 Å². The Hall–Kier alpha value is -6.61. The van der Waals surface area contributed by atoms with Gasteiger partial charge in [0.2, 0.25) is 41.4 Å². The molecule has 12 N–H and O–H groups in total. The van der Waals surface area contributed by atoms with Gasteiger partial charge in [-0.2, -0.15) is 0 Å². The molecular weight excluding hydrogens is 843 g/mol. The number of guanidine groups is 1. The van der Waals surface area contributed by atoms with E-state index in [0.29, 0.717) is 69.2 Å². The van der Waals surface area contributed by atoms with Crippen molar-refractivity contribution in [3.63, 3.8) is 0 Å².